The summed E-state index contributed by atoms with van der Waals surface area (Å²) in [5.74, 6) is -0.0837. The van der Waals surface area contributed by atoms with E-state index in [0.717, 1.165) is 27.9 Å². The summed E-state index contributed by atoms with van der Waals surface area (Å²) in [6.45, 7) is 0.474. The highest BCUT2D eigenvalue weighted by Crippen LogP contribution is 2.44. The number of H-pyrrole nitrogens is 1. The van der Waals surface area contributed by atoms with Crippen LogP contribution in [0, 0.1) is 0 Å². The lowest BCUT2D eigenvalue weighted by Crippen LogP contribution is -2.29. The fourth-order valence-corrected chi connectivity index (χ4v) is 4.29. The molecule has 0 radical (unpaired) electrons. The van der Waals surface area contributed by atoms with Crippen LogP contribution >= 0.6 is 23.2 Å². The van der Waals surface area contributed by atoms with Crippen molar-refractivity contribution in [3.63, 3.8) is 0 Å². The van der Waals surface area contributed by atoms with Gasteiger partial charge >= 0.3 is 0 Å². The molecule has 0 fully saturated rings. The van der Waals surface area contributed by atoms with Crippen LogP contribution in [0.15, 0.2) is 78.9 Å². The van der Waals surface area contributed by atoms with Crippen LogP contribution in [0.25, 0.3) is 11.3 Å². The molecule has 1 aliphatic heterocycles. The van der Waals surface area contributed by atoms with Gasteiger partial charge in [-0.25, -0.2) is 0 Å². The number of hydrogen-bond acceptors (Lipinski definition) is 2. The number of hydrogen-bond donors (Lipinski definition) is 1. The van der Waals surface area contributed by atoms with Gasteiger partial charge in [0.25, 0.3) is 5.91 Å². The van der Waals surface area contributed by atoms with Crippen molar-refractivity contribution in [1.82, 2.24) is 15.1 Å². The lowest BCUT2D eigenvalue weighted by atomic mass is 9.96. The quantitative estimate of drug-likeness (QED) is 0.420. The zero-order valence-corrected chi connectivity index (χ0v) is 17.4. The molecule has 148 valence electrons. The first-order valence-corrected chi connectivity index (χ1v) is 10.3. The first kappa shape index (κ1) is 18.9. The maximum atomic E-state index is 13.4. The molecule has 1 aliphatic rings. The molecule has 1 unspecified atom stereocenters. The van der Waals surface area contributed by atoms with E-state index in [4.69, 9.17) is 23.2 Å². The van der Waals surface area contributed by atoms with Crippen LogP contribution in [0.4, 0.5) is 0 Å². The fourth-order valence-electron chi connectivity index (χ4n) is 3.98. The van der Waals surface area contributed by atoms with Crippen molar-refractivity contribution < 1.29 is 4.79 Å². The van der Waals surface area contributed by atoms with Gasteiger partial charge in [-0.15, -0.1) is 0 Å². The summed E-state index contributed by atoms with van der Waals surface area (Å²) in [4.78, 5) is 15.2. The van der Waals surface area contributed by atoms with Gasteiger partial charge in [0, 0.05) is 17.7 Å². The number of nitrogens with zero attached hydrogens (tertiary/aromatic N) is 2. The first-order valence-electron chi connectivity index (χ1n) is 9.57. The Morgan fingerprint density at radius 2 is 1.60 bits per heavy atom. The van der Waals surface area contributed by atoms with Crippen molar-refractivity contribution in [1.29, 1.82) is 0 Å². The van der Waals surface area contributed by atoms with Gasteiger partial charge in [0.05, 0.1) is 21.8 Å². The van der Waals surface area contributed by atoms with E-state index in [-0.39, 0.29) is 11.9 Å². The third-order valence-electron chi connectivity index (χ3n) is 5.37. The van der Waals surface area contributed by atoms with Crippen LogP contribution in [-0.4, -0.2) is 21.0 Å². The molecule has 0 bridgehead atoms. The Morgan fingerprint density at radius 1 is 0.900 bits per heavy atom. The normalized spacial score (nSPS) is 15.5. The van der Waals surface area contributed by atoms with Crippen molar-refractivity contribution >= 4 is 29.1 Å². The van der Waals surface area contributed by atoms with Crippen molar-refractivity contribution in [2.24, 2.45) is 0 Å². The monoisotopic (exact) mass is 433 g/mol. The smallest absolute Gasteiger partial charge is 0.273 e. The lowest BCUT2D eigenvalue weighted by Gasteiger charge is -2.27. The molecule has 1 amide bonds. The molecule has 5 rings (SSSR count). The van der Waals surface area contributed by atoms with E-state index in [0.29, 0.717) is 22.3 Å². The minimum Gasteiger partial charge on any atom is -0.322 e. The number of aromatic nitrogens is 2. The second-order valence-electron chi connectivity index (χ2n) is 7.22. The predicted octanol–water partition coefficient (Wildman–Crippen LogP) is 6.13. The Labute approximate surface area is 184 Å². The van der Waals surface area contributed by atoms with Gasteiger partial charge in [0.1, 0.15) is 5.69 Å². The minimum atomic E-state index is -0.323. The number of carbonyl (C=O) groups excluding carboxylic acids is 1. The van der Waals surface area contributed by atoms with Gasteiger partial charge in [-0.3, -0.25) is 9.89 Å². The largest absolute Gasteiger partial charge is 0.322 e. The number of rotatable bonds is 4. The third kappa shape index (κ3) is 3.18. The Kier molecular flexibility index (Phi) is 4.81. The van der Waals surface area contributed by atoms with E-state index >= 15 is 0 Å². The first-order chi connectivity index (χ1) is 14.6. The summed E-state index contributed by atoms with van der Waals surface area (Å²) in [5, 5.41) is 8.40. The molecule has 0 aliphatic carbocycles. The number of fused-ring (bicyclic) bond motifs is 1. The van der Waals surface area contributed by atoms with E-state index in [1.54, 1.807) is 6.07 Å². The summed E-state index contributed by atoms with van der Waals surface area (Å²) in [7, 11) is 0. The summed E-state index contributed by atoms with van der Waals surface area (Å²) in [6.07, 6.45) is 0. The SMILES string of the molecule is O=C1c2[nH]nc(-c3ccccc3)c2C(c2ccc(Cl)c(Cl)c2)N1Cc1ccccc1. The van der Waals surface area contributed by atoms with Gasteiger partial charge in [0.15, 0.2) is 0 Å². The second kappa shape index (κ2) is 7.63. The average Bonchev–Trinajstić information content (AvgIpc) is 3.31. The summed E-state index contributed by atoms with van der Waals surface area (Å²) in [6, 6.07) is 25.0. The van der Waals surface area contributed by atoms with Crippen LogP contribution < -0.4 is 0 Å². The van der Waals surface area contributed by atoms with Crippen LogP contribution in [0.2, 0.25) is 10.0 Å². The average molecular weight is 434 g/mol. The molecule has 30 heavy (non-hydrogen) atoms. The molecule has 0 spiro atoms. The van der Waals surface area contributed by atoms with Crippen LogP contribution in [0.1, 0.15) is 33.2 Å². The molecule has 6 heteroatoms. The molecular formula is C24H17Cl2N3O. The molecule has 1 atom stereocenters. The Hall–Kier alpha value is -3.08. The van der Waals surface area contributed by atoms with Crippen molar-refractivity contribution in [2.75, 3.05) is 0 Å². The third-order valence-corrected chi connectivity index (χ3v) is 6.11. The molecule has 0 saturated carbocycles. The minimum absolute atomic E-state index is 0.0837. The summed E-state index contributed by atoms with van der Waals surface area (Å²) >= 11 is 12.5. The van der Waals surface area contributed by atoms with Gasteiger partial charge < -0.3 is 4.90 Å². The summed E-state index contributed by atoms with van der Waals surface area (Å²) < 4.78 is 0. The van der Waals surface area contributed by atoms with Crippen LogP contribution in [0.5, 0.6) is 0 Å². The highest BCUT2D eigenvalue weighted by Gasteiger charge is 2.42. The van der Waals surface area contributed by atoms with E-state index in [1.165, 1.54) is 0 Å². The van der Waals surface area contributed by atoms with Crippen LogP contribution in [-0.2, 0) is 6.54 Å². The molecule has 1 aromatic heterocycles. The Balaban J connectivity index is 1.67. The van der Waals surface area contributed by atoms with E-state index < -0.39 is 0 Å². The maximum Gasteiger partial charge on any atom is 0.273 e. The number of amides is 1. The molecule has 0 saturated heterocycles. The number of nitrogens with one attached hydrogen (secondary N) is 1. The Bertz CT molecular complexity index is 1220. The fraction of sp³-hybridized carbons (Fsp3) is 0.0833. The molecule has 4 aromatic rings. The molecule has 2 heterocycles. The maximum absolute atomic E-state index is 13.4. The molecular weight excluding hydrogens is 417 g/mol. The van der Waals surface area contributed by atoms with Gasteiger partial charge in [-0.05, 0) is 23.3 Å². The number of benzene rings is 3. The highest BCUT2D eigenvalue weighted by molar-refractivity contribution is 6.42. The van der Waals surface area contributed by atoms with Gasteiger partial charge in [-0.1, -0.05) is 89.9 Å². The molecule has 3 aromatic carbocycles. The zero-order valence-electron chi connectivity index (χ0n) is 15.8. The zero-order chi connectivity index (χ0) is 20.7. The van der Waals surface area contributed by atoms with E-state index in [1.807, 2.05) is 77.7 Å². The highest BCUT2D eigenvalue weighted by atomic mass is 35.5. The number of halogens is 2. The van der Waals surface area contributed by atoms with Crippen molar-refractivity contribution in [2.45, 2.75) is 12.6 Å². The van der Waals surface area contributed by atoms with Gasteiger partial charge in [-0.2, -0.15) is 5.10 Å². The second-order valence-corrected chi connectivity index (χ2v) is 8.04. The Morgan fingerprint density at radius 3 is 2.30 bits per heavy atom. The van der Waals surface area contributed by atoms with Crippen molar-refractivity contribution in [3.8, 4) is 11.3 Å². The van der Waals surface area contributed by atoms with Crippen LogP contribution in [0.3, 0.4) is 0 Å². The van der Waals surface area contributed by atoms with Crippen molar-refractivity contribution in [3.05, 3.63) is 111 Å². The lowest BCUT2D eigenvalue weighted by molar-refractivity contribution is 0.0730. The number of carbonyl (C=O) groups is 1. The molecule has 1 N–H and O–H groups in total. The standard InChI is InChI=1S/C24H17Cl2N3O/c25-18-12-11-17(13-19(18)26)23-20-21(16-9-5-2-6-10-16)27-28-22(20)24(30)29(23)14-15-7-3-1-4-8-15/h1-13,23H,14H2,(H,27,28). The molecule has 4 nitrogen and oxygen atoms in total. The van der Waals surface area contributed by atoms with E-state index in [2.05, 4.69) is 10.2 Å². The predicted molar refractivity (Wildman–Crippen MR) is 119 cm³/mol. The summed E-state index contributed by atoms with van der Waals surface area (Å²) in [5.41, 5.74) is 5.04. The van der Waals surface area contributed by atoms with E-state index in [9.17, 15) is 4.79 Å². The number of aromatic amines is 1. The van der Waals surface area contributed by atoms with Gasteiger partial charge in [0.2, 0.25) is 0 Å². The topological polar surface area (TPSA) is 49.0 Å².